The second-order valence-electron chi connectivity index (χ2n) is 0.955. The summed E-state index contributed by atoms with van der Waals surface area (Å²) in [5.74, 6) is 0. The molecule has 0 aromatic rings. The topological polar surface area (TPSA) is 69.2 Å². The first kappa shape index (κ1) is 22.6. The zero-order valence-corrected chi connectivity index (χ0v) is 12.2. The molecule has 38 valence electrons. The maximum Gasteiger partial charge on any atom is 1.00 e. The normalized spacial score (nSPS) is 6.67. The quantitative estimate of drug-likeness (QED) is 0.375. The van der Waals surface area contributed by atoms with Crippen LogP contribution in [-0.4, -0.2) is 19.3 Å². The van der Waals surface area contributed by atoms with Gasteiger partial charge in [-0.25, -0.2) is 0 Å². The van der Waals surface area contributed by atoms with E-state index in [1.54, 1.807) is 0 Å². The van der Waals surface area contributed by atoms with Crippen molar-refractivity contribution in [1.29, 1.82) is 0 Å². The van der Waals surface area contributed by atoms with Crippen LogP contribution in [0.25, 0.3) is 0 Å². The molecule has 0 aliphatic rings. The Labute approximate surface area is 121 Å². The van der Waals surface area contributed by atoms with Gasteiger partial charge in [-0.3, -0.25) is 0 Å². The molecule has 0 heterocycles. The second kappa shape index (κ2) is 17.1. The average molecular weight is 158 g/mol. The molecule has 0 aromatic heterocycles. The van der Waals surface area contributed by atoms with Gasteiger partial charge in [0.1, 0.15) is 0 Å². The molecular formula is C3H5Na3O3. The maximum absolute atomic E-state index is 9.64. The molecule has 0 amide bonds. The van der Waals surface area contributed by atoms with Gasteiger partial charge in [-0.1, -0.05) is 0 Å². The summed E-state index contributed by atoms with van der Waals surface area (Å²) >= 11 is 0. The van der Waals surface area contributed by atoms with Gasteiger partial charge in [0.25, 0.3) is 0 Å². The summed E-state index contributed by atoms with van der Waals surface area (Å²) in [6, 6.07) is 0. The smallest absolute Gasteiger partial charge is 0.855 e. The summed E-state index contributed by atoms with van der Waals surface area (Å²) in [6.07, 6.45) is -1.43. The Morgan fingerprint density at radius 2 is 1.11 bits per heavy atom. The van der Waals surface area contributed by atoms with Crippen LogP contribution in [0.1, 0.15) is 0 Å². The molecule has 0 saturated heterocycles. The molecule has 0 aliphatic heterocycles. The van der Waals surface area contributed by atoms with Crippen molar-refractivity contribution in [2.45, 2.75) is 6.10 Å². The van der Waals surface area contributed by atoms with E-state index >= 15 is 0 Å². The largest absolute Gasteiger partial charge is 1.00 e. The third-order valence-electron chi connectivity index (χ3n) is 0.372. The molecule has 0 aromatic carbocycles. The SMILES string of the molecule is [Na+].[Na+].[Na+].[O-]CC([O-])C[O-]. The predicted molar refractivity (Wildman–Crippen MR) is 13.5 cm³/mol. The van der Waals surface area contributed by atoms with Crippen LogP contribution in [0.2, 0.25) is 0 Å². The van der Waals surface area contributed by atoms with Gasteiger partial charge >= 0.3 is 88.7 Å². The molecule has 0 N–H and O–H groups in total. The van der Waals surface area contributed by atoms with Crippen molar-refractivity contribution in [1.82, 2.24) is 0 Å². The van der Waals surface area contributed by atoms with E-state index in [0.29, 0.717) is 0 Å². The van der Waals surface area contributed by atoms with E-state index in [4.69, 9.17) is 0 Å². The van der Waals surface area contributed by atoms with Crippen LogP contribution in [0, 0.1) is 0 Å². The molecule has 0 aliphatic carbocycles. The Bertz CT molecular complexity index is 33.5. The Hall–Kier alpha value is 2.88. The third kappa shape index (κ3) is 18.1. The Balaban J connectivity index is -0.0000000417. The fraction of sp³-hybridized carbons (Fsp3) is 1.00. The van der Waals surface area contributed by atoms with Gasteiger partial charge in [-0.15, -0.1) is 0 Å². The molecule has 0 spiro atoms. The Kier molecular flexibility index (Phi) is 43.0. The summed E-state index contributed by atoms with van der Waals surface area (Å²) in [5.41, 5.74) is 0. The average Bonchev–Trinajstić information content (AvgIpc) is 1.65. The summed E-state index contributed by atoms with van der Waals surface area (Å²) < 4.78 is 0. The van der Waals surface area contributed by atoms with E-state index in [0.717, 1.165) is 0 Å². The first-order valence-corrected chi connectivity index (χ1v) is 1.63. The fourth-order valence-electron chi connectivity index (χ4n) is 0.0481. The van der Waals surface area contributed by atoms with Gasteiger partial charge in [-0.05, 0) is 0 Å². The summed E-state index contributed by atoms with van der Waals surface area (Å²) in [5, 5.41) is 28.3. The third-order valence-corrected chi connectivity index (χ3v) is 0.372. The van der Waals surface area contributed by atoms with Crippen LogP contribution in [0.5, 0.6) is 0 Å². The minimum absolute atomic E-state index is 0. The molecule has 0 atom stereocenters. The minimum Gasteiger partial charge on any atom is -0.855 e. The van der Waals surface area contributed by atoms with Crippen molar-refractivity contribution in [2.24, 2.45) is 0 Å². The summed E-state index contributed by atoms with van der Waals surface area (Å²) in [7, 11) is 0. The van der Waals surface area contributed by atoms with Crippen molar-refractivity contribution < 1.29 is 104 Å². The monoisotopic (exact) mass is 158 g/mol. The molecule has 0 unspecified atom stereocenters. The van der Waals surface area contributed by atoms with Gasteiger partial charge in [0.2, 0.25) is 0 Å². The van der Waals surface area contributed by atoms with E-state index in [-0.39, 0.29) is 88.7 Å². The molecule has 0 rings (SSSR count). The van der Waals surface area contributed by atoms with Crippen LogP contribution in [0.4, 0.5) is 0 Å². The van der Waals surface area contributed by atoms with Crippen molar-refractivity contribution in [3.8, 4) is 0 Å². The van der Waals surface area contributed by atoms with Gasteiger partial charge in [0, 0.05) is 0 Å². The van der Waals surface area contributed by atoms with Crippen LogP contribution in [0.3, 0.4) is 0 Å². The van der Waals surface area contributed by atoms with Crippen molar-refractivity contribution in [2.75, 3.05) is 13.2 Å². The molecule has 0 radical (unpaired) electrons. The molecule has 6 heteroatoms. The van der Waals surface area contributed by atoms with Crippen molar-refractivity contribution >= 4 is 0 Å². The van der Waals surface area contributed by atoms with E-state index in [2.05, 4.69) is 0 Å². The first-order chi connectivity index (χ1) is 2.81. The number of hydrogen-bond acceptors (Lipinski definition) is 3. The molecule has 9 heavy (non-hydrogen) atoms. The minimum atomic E-state index is -1.43. The standard InChI is InChI=1S/C3H5O3.3Na/c4-1-3(6)2-5;;;/h3H,1-2H2;;;/q-3;3*+1. The van der Waals surface area contributed by atoms with Gasteiger partial charge < -0.3 is 15.3 Å². The van der Waals surface area contributed by atoms with Crippen LogP contribution >= 0.6 is 0 Å². The number of rotatable bonds is 2. The van der Waals surface area contributed by atoms with E-state index < -0.39 is 19.3 Å². The Morgan fingerprint density at radius 1 is 0.889 bits per heavy atom. The number of hydrogen-bond donors (Lipinski definition) is 0. The van der Waals surface area contributed by atoms with E-state index in [1.165, 1.54) is 0 Å². The second-order valence-corrected chi connectivity index (χ2v) is 0.955. The molecular weight excluding hydrogens is 153 g/mol. The maximum atomic E-state index is 9.64. The van der Waals surface area contributed by atoms with Crippen LogP contribution in [0.15, 0.2) is 0 Å². The predicted octanol–water partition coefficient (Wildman–Crippen LogP) is -12.6. The van der Waals surface area contributed by atoms with Crippen molar-refractivity contribution in [3.05, 3.63) is 0 Å². The van der Waals surface area contributed by atoms with Crippen LogP contribution in [-0.2, 0) is 0 Å². The van der Waals surface area contributed by atoms with Crippen molar-refractivity contribution in [3.63, 3.8) is 0 Å². The first-order valence-electron chi connectivity index (χ1n) is 1.63. The molecule has 0 saturated carbocycles. The molecule has 0 fully saturated rings. The van der Waals surface area contributed by atoms with E-state index in [1.807, 2.05) is 0 Å². The fourth-order valence-corrected chi connectivity index (χ4v) is 0.0481. The molecule has 0 bridgehead atoms. The summed E-state index contributed by atoms with van der Waals surface area (Å²) in [4.78, 5) is 0. The van der Waals surface area contributed by atoms with Gasteiger partial charge in [-0.2, -0.15) is 19.3 Å². The van der Waals surface area contributed by atoms with E-state index in [9.17, 15) is 15.3 Å². The Morgan fingerprint density at radius 3 is 1.11 bits per heavy atom. The van der Waals surface area contributed by atoms with Gasteiger partial charge in [0.05, 0.1) is 0 Å². The molecule has 3 nitrogen and oxygen atoms in total. The summed E-state index contributed by atoms with van der Waals surface area (Å²) in [6.45, 7) is -1.58. The van der Waals surface area contributed by atoms with Gasteiger partial charge in [0.15, 0.2) is 0 Å². The van der Waals surface area contributed by atoms with Crippen LogP contribution < -0.4 is 104 Å². The zero-order chi connectivity index (χ0) is 4.99. The zero-order valence-electron chi connectivity index (χ0n) is 6.22.